The number of nitrogens with zero attached hydrogens (tertiary/aromatic N) is 1. The molecule has 0 radical (unpaired) electrons. The lowest BCUT2D eigenvalue weighted by Gasteiger charge is -2.29. The van der Waals surface area contributed by atoms with Gasteiger partial charge in [-0.25, -0.2) is 0 Å². The predicted octanol–water partition coefficient (Wildman–Crippen LogP) is 0.342. The fourth-order valence-corrected chi connectivity index (χ4v) is 2.67. The number of likely N-dealkylation sites (tertiary alicyclic amines) is 1. The normalized spacial score (nSPS) is 23.3. The van der Waals surface area contributed by atoms with Crippen molar-refractivity contribution in [2.45, 2.75) is 38.1 Å². The molecule has 1 aliphatic carbocycles. The van der Waals surface area contributed by atoms with Crippen molar-refractivity contribution in [3.8, 4) is 0 Å². The van der Waals surface area contributed by atoms with Gasteiger partial charge < -0.3 is 15.8 Å². The zero-order chi connectivity index (χ0) is 13.7. The molecular formula is C14H27N3O2. The van der Waals surface area contributed by atoms with Crippen LogP contribution in [0.25, 0.3) is 0 Å². The summed E-state index contributed by atoms with van der Waals surface area (Å²) in [5.74, 6) is 0.152. The first-order chi connectivity index (χ1) is 9.13. The zero-order valence-electron chi connectivity index (χ0n) is 12.0. The lowest BCUT2D eigenvalue weighted by molar-refractivity contribution is -0.122. The first kappa shape index (κ1) is 14.8. The van der Waals surface area contributed by atoms with Crippen molar-refractivity contribution in [1.82, 2.24) is 10.2 Å². The highest BCUT2D eigenvalue weighted by Gasteiger charge is 2.42. The molecule has 0 unspecified atom stereocenters. The van der Waals surface area contributed by atoms with Crippen LogP contribution in [0.2, 0.25) is 0 Å². The molecule has 2 fully saturated rings. The fourth-order valence-electron chi connectivity index (χ4n) is 2.67. The van der Waals surface area contributed by atoms with Gasteiger partial charge in [0, 0.05) is 39.4 Å². The van der Waals surface area contributed by atoms with Gasteiger partial charge in [-0.3, -0.25) is 9.69 Å². The van der Waals surface area contributed by atoms with Crippen molar-refractivity contribution in [3.05, 3.63) is 0 Å². The second kappa shape index (κ2) is 6.68. The van der Waals surface area contributed by atoms with E-state index < -0.39 is 0 Å². The van der Waals surface area contributed by atoms with E-state index in [1.165, 1.54) is 12.8 Å². The summed E-state index contributed by atoms with van der Waals surface area (Å²) in [6.45, 7) is 4.02. The predicted molar refractivity (Wildman–Crippen MR) is 74.8 cm³/mol. The minimum Gasteiger partial charge on any atom is -0.385 e. The summed E-state index contributed by atoms with van der Waals surface area (Å²) in [6.07, 6.45) is 5.50. The molecule has 5 heteroatoms. The van der Waals surface area contributed by atoms with Crippen LogP contribution in [0.4, 0.5) is 0 Å². The van der Waals surface area contributed by atoms with Crippen molar-refractivity contribution in [1.29, 1.82) is 0 Å². The summed E-state index contributed by atoms with van der Waals surface area (Å²) >= 11 is 0. The summed E-state index contributed by atoms with van der Waals surface area (Å²) in [4.78, 5) is 14.1. The van der Waals surface area contributed by atoms with Gasteiger partial charge in [0.2, 0.25) is 5.91 Å². The second-order valence-corrected chi connectivity index (χ2v) is 6.13. The first-order valence-corrected chi connectivity index (χ1v) is 7.37. The van der Waals surface area contributed by atoms with Crippen LogP contribution in [0, 0.1) is 5.41 Å². The Morgan fingerprint density at radius 2 is 2.11 bits per heavy atom. The van der Waals surface area contributed by atoms with E-state index in [9.17, 15) is 4.79 Å². The summed E-state index contributed by atoms with van der Waals surface area (Å²) in [5, 5.41) is 3.09. The lowest BCUT2D eigenvalue weighted by Crippen LogP contribution is -2.45. The second-order valence-electron chi connectivity index (χ2n) is 6.13. The molecule has 0 aromatic heterocycles. The molecule has 1 amide bonds. The van der Waals surface area contributed by atoms with Crippen LogP contribution in [0.5, 0.6) is 0 Å². The molecule has 2 aliphatic rings. The van der Waals surface area contributed by atoms with E-state index in [2.05, 4.69) is 10.2 Å². The van der Waals surface area contributed by atoms with Gasteiger partial charge in [-0.1, -0.05) is 0 Å². The number of carbonyl (C=O) groups is 1. The van der Waals surface area contributed by atoms with E-state index in [1.54, 1.807) is 7.11 Å². The van der Waals surface area contributed by atoms with Gasteiger partial charge in [-0.15, -0.1) is 0 Å². The standard InChI is InChI=1S/C14H27N3O2/c1-19-9-6-14(4-5-14)11-16-13(18)10-17-7-2-12(15)3-8-17/h12H,2-11,15H2,1H3,(H,16,18). The Hall–Kier alpha value is -0.650. The Morgan fingerprint density at radius 3 is 2.68 bits per heavy atom. The van der Waals surface area contributed by atoms with E-state index in [1.807, 2.05) is 0 Å². The van der Waals surface area contributed by atoms with Gasteiger partial charge in [0.15, 0.2) is 0 Å². The molecule has 0 aromatic rings. The summed E-state index contributed by atoms with van der Waals surface area (Å²) in [7, 11) is 1.73. The zero-order valence-corrected chi connectivity index (χ0v) is 12.0. The smallest absolute Gasteiger partial charge is 0.234 e. The Kier molecular flexibility index (Phi) is 5.19. The highest BCUT2D eigenvalue weighted by molar-refractivity contribution is 5.78. The number of piperidine rings is 1. The number of methoxy groups -OCH3 is 1. The maximum absolute atomic E-state index is 11.9. The van der Waals surface area contributed by atoms with Crippen molar-refractivity contribution in [2.24, 2.45) is 11.1 Å². The third kappa shape index (κ3) is 4.75. The highest BCUT2D eigenvalue weighted by Crippen LogP contribution is 2.48. The molecule has 1 heterocycles. The monoisotopic (exact) mass is 269 g/mol. The quantitative estimate of drug-likeness (QED) is 0.699. The molecule has 0 bridgehead atoms. The van der Waals surface area contributed by atoms with Crippen molar-refractivity contribution >= 4 is 5.91 Å². The van der Waals surface area contributed by atoms with E-state index >= 15 is 0 Å². The highest BCUT2D eigenvalue weighted by atomic mass is 16.5. The molecule has 0 atom stereocenters. The van der Waals surface area contributed by atoms with Gasteiger partial charge in [-0.05, 0) is 37.5 Å². The Balaban J connectivity index is 1.62. The lowest BCUT2D eigenvalue weighted by atomic mass is 10.0. The van der Waals surface area contributed by atoms with Crippen molar-refractivity contribution in [3.63, 3.8) is 0 Å². The average Bonchev–Trinajstić information content (AvgIpc) is 3.18. The number of hydrogen-bond donors (Lipinski definition) is 2. The van der Waals surface area contributed by atoms with Crippen molar-refractivity contribution in [2.75, 3.05) is 39.9 Å². The third-order valence-corrected chi connectivity index (χ3v) is 4.45. The van der Waals surface area contributed by atoms with E-state index in [4.69, 9.17) is 10.5 Å². The number of hydrogen-bond acceptors (Lipinski definition) is 4. The van der Waals surface area contributed by atoms with Gasteiger partial charge >= 0.3 is 0 Å². The molecule has 1 saturated carbocycles. The first-order valence-electron chi connectivity index (χ1n) is 7.37. The maximum Gasteiger partial charge on any atom is 0.234 e. The van der Waals surface area contributed by atoms with E-state index in [0.717, 1.165) is 45.5 Å². The topological polar surface area (TPSA) is 67.6 Å². The van der Waals surface area contributed by atoms with Gasteiger partial charge in [0.25, 0.3) is 0 Å². The number of amides is 1. The van der Waals surface area contributed by atoms with Crippen LogP contribution in [0.3, 0.4) is 0 Å². The van der Waals surface area contributed by atoms with E-state index in [0.29, 0.717) is 18.0 Å². The van der Waals surface area contributed by atoms with Crippen LogP contribution < -0.4 is 11.1 Å². The molecule has 19 heavy (non-hydrogen) atoms. The summed E-state index contributed by atoms with van der Waals surface area (Å²) in [6, 6.07) is 0.322. The molecule has 0 aromatic carbocycles. The van der Waals surface area contributed by atoms with Crippen LogP contribution in [-0.2, 0) is 9.53 Å². The number of nitrogens with two attached hydrogens (primary N) is 1. The summed E-state index contributed by atoms with van der Waals surface area (Å²) < 4.78 is 5.12. The molecule has 2 rings (SSSR count). The SMILES string of the molecule is COCCC1(CNC(=O)CN2CCC(N)CC2)CC1. The number of ether oxygens (including phenoxy) is 1. The van der Waals surface area contributed by atoms with Crippen LogP contribution in [-0.4, -0.2) is 56.7 Å². The Morgan fingerprint density at radius 1 is 1.42 bits per heavy atom. The van der Waals surface area contributed by atoms with E-state index in [-0.39, 0.29) is 5.91 Å². The van der Waals surface area contributed by atoms with Crippen molar-refractivity contribution < 1.29 is 9.53 Å². The van der Waals surface area contributed by atoms with Crippen LogP contribution >= 0.6 is 0 Å². The van der Waals surface area contributed by atoms with Gasteiger partial charge in [-0.2, -0.15) is 0 Å². The minimum atomic E-state index is 0.152. The largest absolute Gasteiger partial charge is 0.385 e. The molecule has 0 spiro atoms. The third-order valence-electron chi connectivity index (χ3n) is 4.45. The molecule has 1 aliphatic heterocycles. The molecule has 110 valence electrons. The van der Waals surface area contributed by atoms with Gasteiger partial charge in [0.1, 0.15) is 0 Å². The van der Waals surface area contributed by atoms with Crippen LogP contribution in [0.1, 0.15) is 32.1 Å². The Labute approximate surface area is 115 Å². The molecule has 3 N–H and O–H groups in total. The minimum absolute atomic E-state index is 0.152. The average molecular weight is 269 g/mol. The number of rotatable bonds is 7. The maximum atomic E-state index is 11.9. The molecule has 1 saturated heterocycles. The van der Waals surface area contributed by atoms with Gasteiger partial charge in [0.05, 0.1) is 6.54 Å². The molecular weight excluding hydrogens is 242 g/mol. The number of nitrogens with one attached hydrogen (secondary N) is 1. The Bertz CT molecular complexity index is 297. The summed E-state index contributed by atoms with van der Waals surface area (Å²) in [5.41, 5.74) is 6.19. The molecule has 5 nitrogen and oxygen atoms in total. The fraction of sp³-hybridized carbons (Fsp3) is 0.929. The number of carbonyl (C=O) groups excluding carboxylic acids is 1. The van der Waals surface area contributed by atoms with Crippen LogP contribution in [0.15, 0.2) is 0 Å².